The highest BCUT2D eigenvalue weighted by molar-refractivity contribution is 5.77. The molecule has 166 valence electrons. The number of amides is 1. The summed E-state index contributed by atoms with van der Waals surface area (Å²) in [6.45, 7) is 9.03. The van der Waals surface area contributed by atoms with Crippen LogP contribution < -0.4 is 11.2 Å². The number of hydrogen-bond acceptors (Lipinski definition) is 4. The van der Waals surface area contributed by atoms with Crippen LogP contribution in [0.4, 0.5) is 0 Å². The lowest BCUT2D eigenvalue weighted by molar-refractivity contribution is -0.131. The number of fused-ring (bicyclic) bond motifs is 1. The zero-order chi connectivity index (χ0) is 21.7. The van der Waals surface area contributed by atoms with E-state index in [4.69, 9.17) is 4.98 Å². The van der Waals surface area contributed by atoms with Gasteiger partial charge in [-0.3, -0.25) is 19.1 Å². The van der Waals surface area contributed by atoms with Crippen molar-refractivity contribution in [3.63, 3.8) is 0 Å². The minimum absolute atomic E-state index is 0.150. The second kappa shape index (κ2) is 10.1. The number of nitrogens with zero attached hydrogens (tertiary/aromatic N) is 4. The first kappa shape index (κ1) is 22.3. The Bertz CT molecular complexity index is 977. The van der Waals surface area contributed by atoms with Gasteiger partial charge in [0.2, 0.25) is 5.91 Å². The molecule has 0 spiro atoms. The topological polar surface area (TPSA) is 93.0 Å². The summed E-state index contributed by atoms with van der Waals surface area (Å²) < 4.78 is 3.48. The van der Waals surface area contributed by atoms with E-state index in [2.05, 4.69) is 25.8 Å². The predicted octanol–water partition coefficient (Wildman–Crippen LogP) is 2.68. The average molecular weight is 418 g/mol. The average Bonchev–Trinajstić information content (AvgIpc) is 2.87. The number of hydrogen-bond donors (Lipinski definition) is 1. The van der Waals surface area contributed by atoms with Crippen LogP contribution in [-0.2, 0) is 24.3 Å². The lowest BCUT2D eigenvalue weighted by Crippen LogP contribution is -2.32. The van der Waals surface area contributed by atoms with Crippen molar-refractivity contribution in [3.05, 3.63) is 26.7 Å². The minimum atomic E-state index is -0.414. The lowest BCUT2D eigenvalue weighted by atomic mass is 10.2. The number of carbonyl (C=O) groups is 1. The van der Waals surface area contributed by atoms with E-state index >= 15 is 0 Å². The molecular formula is C22H35N5O3. The maximum absolute atomic E-state index is 12.8. The monoisotopic (exact) mass is 417 g/mol. The molecule has 3 heterocycles. The van der Waals surface area contributed by atoms with Crippen LogP contribution in [0.3, 0.4) is 0 Å². The van der Waals surface area contributed by atoms with Gasteiger partial charge in [-0.15, -0.1) is 0 Å². The van der Waals surface area contributed by atoms with Gasteiger partial charge in [-0.1, -0.05) is 40.0 Å². The molecule has 1 aliphatic rings. The van der Waals surface area contributed by atoms with Gasteiger partial charge in [-0.25, -0.2) is 9.78 Å². The van der Waals surface area contributed by atoms with Gasteiger partial charge in [0, 0.05) is 39.0 Å². The number of carbonyl (C=O) groups excluding carboxylic acids is 1. The third-order valence-corrected chi connectivity index (χ3v) is 5.77. The van der Waals surface area contributed by atoms with Gasteiger partial charge in [0.15, 0.2) is 11.2 Å². The molecular weight excluding hydrogens is 382 g/mol. The van der Waals surface area contributed by atoms with E-state index < -0.39 is 11.2 Å². The Morgan fingerprint density at radius 1 is 1.10 bits per heavy atom. The van der Waals surface area contributed by atoms with E-state index in [0.29, 0.717) is 48.8 Å². The summed E-state index contributed by atoms with van der Waals surface area (Å²) >= 11 is 0. The standard InChI is InChI=1S/C22H35N5O3/c1-4-5-14-26-20-19(21(29)24-22(26)30)27(15-16(2)3)17(23-20)10-11-18(28)25-12-8-6-7-9-13-25/h16H,4-15H2,1-3H3,(H,24,29,30). The van der Waals surface area contributed by atoms with Gasteiger partial charge >= 0.3 is 5.69 Å². The molecule has 0 bridgehead atoms. The fourth-order valence-electron chi connectivity index (χ4n) is 4.19. The molecule has 0 radical (unpaired) electrons. The first-order valence-electron chi connectivity index (χ1n) is 11.4. The number of H-pyrrole nitrogens is 1. The maximum Gasteiger partial charge on any atom is 0.330 e. The van der Waals surface area contributed by atoms with Gasteiger partial charge in [0.05, 0.1) is 0 Å². The summed E-state index contributed by atoms with van der Waals surface area (Å²) in [6, 6.07) is 0. The molecule has 1 saturated heterocycles. The second-order valence-corrected chi connectivity index (χ2v) is 8.76. The summed E-state index contributed by atoms with van der Waals surface area (Å²) in [5.41, 5.74) is 0.0648. The number of unbranched alkanes of at least 4 members (excludes halogenated alkanes) is 1. The van der Waals surface area contributed by atoms with Crippen LogP contribution in [0, 0.1) is 5.92 Å². The number of aryl methyl sites for hydroxylation is 2. The Hall–Kier alpha value is -2.38. The molecule has 1 N–H and O–H groups in total. The van der Waals surface area contributed by atoms with Crippen LogP contribution in [0.15, 0.2) is 9.59 Å². The fourth-order valence-corrected chi connectivity index (χ4v) is 4.19. The van der Waals surface area contributed by atoms with E-state index in [-0.39, 0.29) is 5.91 Å². The Morgan fingerprint density at radius 2 is 1.80 bits per heavy atom. The molecule has 0 saturated carbocycles. The van der Waals surface area contributed by atoms with E-state index in [1.165, 1.54) is 12.8 Å². The van der Waals surface area contributed by atoms with Crippen LogP contribution in [0.25, 0.3) is 11.2 Å². The molecule has 2 aromatic rings. The summed E-state index contributed by atoms with van der Waals surface area (Å²) in [7, 11) is 0. The molecule has 0 atom stereocenters. The zero-order valence-corrected chi connectivity index (χ0v) is 18.6. The number of aromatic nitrogens is 4. The molecule has 0 aliphatic carbocycles. The van der Waals surface area contributed by atoms with Crippen LogP contribution >= 0.6 is 0 Å². The lowest BCUT2D eigenvalue weighted by Gasteiger charge is -2.20. The quantitative estimate of drug-likeness (QED) is 0.715. The van der Waals surface area contributed by atoms with E-state index in [1.54, 1.807) is 4.57 Å². The van der Waals surface area contributed by atoms with E-state index in [0.717, 1.165) is 38.8 Å². The fraction of sp³-hybridized carbons (Fsp3) is 0.727. The van der Waals surface area contributed by atoms with Crippen molar-refractivity contribution < 1.29 is 4.79 Å². The van der Waals surface area contributed by atoms with Crippen molar-refractivity contribution in [2.45, 2.75) is 85.2 Å². The normalized spacial score (nSPS) is 15.1. The van der Waals surface area contributed by atoms with E-state index in [9.17, 15) is 14.4 Å². The van der Waals surface area contributed by atoms with Crippen molar-refractivity contribution in [2.24, 2.45) is 5.92 Å². The Balaban J connectivity index is 1.94. The summed E-state index contributed by atoms with van der Waals surface area (Å²) in [5.74, 6) is 1.17. The Morgan fingerprint density at radius 3 is 2.43 bits per heavy atom. The Labute approximate surface area is 177 Å². The van der Waals surface area contributed by atoms with Crippen molar-refractivity contribution >= 4 is 17.1 Å². The van der Waals surface area contributed by atoms with Crippen LogP contribution in [0.1, 0.15) is 71.5 Å². The number of likely N-dealkylation sites (tertiary alicyclic amines) is 1. The van der Waals surface area contributed by atoms with Gasteiger partial charge in [0.25, 0.3) is 5.56 Å². The Kier molecular flexibility index (Phi) is 7.50. The largest absolute Gasteiger partial charge is 0.343 e. The van der Waals surface area contributed by atoms with Gasteiger partial charge in [-0.2, -0.15) is 0 Å². The smallest absolute Gasteiger partial charge is 0.330 e. The molecule has 30 heavy (non-hydrogen) atoms. The highest BCUT2D eigenvalue weighted by Gasteiger charge is 2.21. The molecule has 0 aromatic carbocycles. The summed E-state index contributed by atoms with van der Waals surface area (Å²) in [6.07, 6.45) is 7.12. The van der Waals surface area contributed by atoms with Gasteiger partial charge < -0.3 is 9.47 Å². The number of nitrogens with one attached hydrogen (secondary N) is 1. The first-order valence-corrected chi connectivity index (χ1v) is 11.4. The van der Waals surface area contributed by atoms with Crippen LogP contribution in [-0.4, -0.2) is 43.0 Å². The number of aromatic amines is 1. The molecule has 1 fully saturated rings. The second-order valence-electron chi connectivity index (χ2n) is 8.76. The molecule has 1 aliphatic heterocycles. The highest BCUT2D eigenvalue weighted by atomic mass is 16.2. The zero-order valence-electron chi connectivity index (χ0n) is 18.6. The molecule has 8 heteroatoms. The molecule has 1 amide bonds. The van der Waals surface area contributed by atoms with Crippen molar-refractivity contribution in [1.29, 1.82) is 0 Å². The number of rotatable bonds is 8. The summed E-state index contributed by atoms with van der Waals surface area (Å²) in [5, 5.41) is 0. The van der Waals surface area contributed by atoms with Gasteiger partial charge in [0.1, 0.15) is 5.82 Å². The maximum atomic E-state index is 12.8. The third kappa shape index (κ3) is 5.02. The van der Waals surface area contributed by atoms with Crippen LogP contribution in [0.2, 0.25) is 0 Å². The molecule has 2 aromatic heterocycles. The predicted molar refractivity (Wildman–Crippen MR) is 118 cm³/mol. The first-order chi connectivity index (χ1) is 14.4. The molecule has 3 rings (SSSR count). The van der Waals surface area contributed by atoms with Crippen LogP contribution in [0.5, 0.6) is 0 Å². The SMILES string of the molecule is CCCCn1c(=O)[nH]c(=O)c2c1nc(CCC(=O)N1CCCCCC1)n2CC(C)C. The molecule has 0 unspecified atom stereocenters. The van der Waals surface area contributed by atoms with Crippen molar-refractivity contribution in [1.82, 2.24) is 24.0 Å². The summed E-state index contributed by atoms with van der Waals surface area (Å²) in [4.78, 5) is 47.0. The minimum Gasteiger partial charge on any atom is -0.343 e. The van der Waals surface area contributed by atoms with Crippen molar-refractivity contribution in [2.75, 3.05) is 13.1 Å². The van der Waals surface area contributed by atoms with Crippen molar-refractivity contribution in [3.8, 4) is 0 Å². The third-order valence-electron chi connectivity index (χ3n) is 5.77. The van der Waals surface area contributed by atoms with E-state index in [1.807, 2.05) is 9.47 Å². The molecule has 8 nitrogen and oxygen atoms in total. The highest BCUT2D eigenvalue weighted by Crippen LogP contribution is 2.17. The number of imidazole rings is 1. The van der Waals surface area contributed by atoms with Gasteiger partial charge in [-0.05, 0) is 25.2 Å².